The molecule has 0 aliphatic heterocycles. The standard InChI is InChI=1S/C17H13N/c1-12(8-9-18)13-6-7-17-15(10-13)11-14-4-2-3-5-16(14)17/h2-8,10H,11H2,1H3/b12-8+. The van der Waals surface area contributed by atoms with Gasteiger partial charge in [-0.3, -0.25) is 0 Å². The highest BCUT2D eigenvalue weighted by Gasteiger charge is 2.17. The van der Waals surface area contributed by atoms with Crippen molar-refractivity contribution in [3.63, 3.8) is 0 Å². The molecule has 2 aromatic carbocycles. The van der Waals surface area contributed by atoms with E-state index in [9.17, 15) is 0 Å². The Morgan fingerprint density at radius 1 is 1.11 bits per heavy atom. The molecular formula is C17H13N. The largest absolute Gasteiger partial charge is 0.193 e. The van der Waals surface area contributed by atoms with E-state index in [2.05, 4.69) is 48.5 Å². The van der Waals surface area contributed by atoms with E-state index in [0.717, 1.165) is 17.6 Å². The van der Waals surface area contributed by atoms with Gasteiger partial charge in [0.15, 0.2) is 0 Å². The zero-order chi connectivity index (χ0) is 12.5. The van der Waals surface area contributed by atoms with Crippen LogP contribution in [0.4, 0.5) is 0 Å². The molecule has 0 aromatic heterocycles. The van der Waals surface area contributed by atoms with E-state index in [4.69, 9.17) is 5.26 Å². The summed E-state index contributed by atoms with van der Waals surface area (Å²) in [5, 5.41) is 8.71. The number of allylic oxidation sites excluding steroid dienone is 2. The Morgan fingerprint density at radius 3 is 2.72 bits per heavy atom. The molecular weight excluding hydrogens is 218 g/mol. The third kappa shape index (κ3) is 1.63. The third-order valence-corrected chi connectivity index (χ3v) is 3.53. The average Bonchev–Trinajstić information content (AvgIpc) is 2.76. The number of nitriles is 1. The molecule has 1 nitrogen and oxygen atoms in total. The molecule has 0 heterocycles. The normalized spacial score (nSPS) is 12.8. The maximum Gasteiger partial charge on any atom is 0.0915 e. The van der Waals surface area contributed by atoms with Gasteiger partial charge >= 0.3 is 0 Å². The van der Waals surface area contributed by atoms with E-state index in [1.165, 1.54) is 22.3 Å². The summed E-state index contributed by atoms with van der Waals surface area (Å²) in [6, 6.07) is 17.1. The molecule has 86 valence electrons. The van der Waals surface area contributed by atoms with Crippen LogP contribution < -0.4 is 0 Å². The number of benzene rings is 2. The van der Waals surface area contributed by atoms with Crippen molar-refractivity contribution in [1.29, 1.82) is 5.26 Å². The number of rotatable bonds is 1. The van der Waals surface area contributed by atoms with Crippen molar-refractivity contribution < 1.29 is 0 Å². The van der Waals surface area contributed by atoms with Gasteiger partial charge in [0, 0.05) is 6.08 Å². The van der Waals surface area contributed by atoms with Gasteiger partial charge in [-0.15, -0.1) is 0 Å². The van der Waals surface area contributed by atoms with Gasteiger partial charge in [0.25, 0.3) is 0 Å². The van der Waals surface area contributed by atoms with Gasteiger partial charge in [-0.25, -0.2) is 0 Å². The van der Waals surface area contributed by atoms with Crippen molar-refractivity contribution in [2.24, 2.45) is 0 Å². The number of nitrogens with zero attached hydrogens (tertiary/aromatic N) is 1. The van der Waals surface area contributed by atoms with Crippen molar-refractivity contribution in [2.45, 2.75) is 13.3 Å². The predicted molar refractivity (Wildman–Crippen MR) is 73.9 cm³/mol. The Kier molecular flexibility index (Phi) is 2.50. The van der Waals surface area contributed by atoms with Crippen LogP contribution in [-0.4, -0.2) is 0 Å². The van der Waals surface area contributed by atoms with E-state index < -0.39 is 0 Å². The Morgan fingerprint density at radius 2 is 1.89 bits per heavy atom. The maximum absolute atomic E-state index is 8.71. The minimum absolute atomic E-state index is 0.999. The highest BCUT2D eigenvalue weighted by atomic mass is 14.2. The summed E-state index contributed by atoms with van der Waals surface area (Å²) in [6.45, 7) is 1.98. The zero-order valence-corrected chi connectivity index (χ0v) is 10.3. The molecule has 0 spiro atoms. The molecule has 18 heavy (non-hydrogen) atoms. The fourth-order valence-corrected chi connectivity index (χ4v) is 2.57. The van der Waals surface area contributed by atoms with Crippen molar-refractivity contribution in [3.8, 4) is 17.2 Å². The van der Waals surface area contributed by atoms with Crippen LogP contribution in [0.1, 0.15) is 23.6 Å². The van der Waals surface area contributed by atoms with Crippen LogP contribution in [0.3, 0.4) is 0 Å². The van der Waals surface area contributed by atoms with E-state index in [1.54, 1.807) is 6.08 Å². The van der Waals surface area contributed by atoms with Gasteiger partial charge in [0.1, 0.15) is 0 Å². The topological polar surface area (TPSA) is 23.8 Å². The predicted octanol–water partition coefficient (Wildman–Crippen LogP) is 4.18. The fourth-order valence-electron chi connectivity index (χ4n) is 2.57. The Hall–Kier alpha value is -2.33. The summed E-state index contributed by atoms with van der Waals surface area (Å²) in [7, 11) is 0. The third-order valence-electron chi connectivity index (χ3n) is 3.53. The Labute approximate surface area is 107 Å². The summed E-state index contributed by atoms with van der Waals surface area (Å²) in [6.07, 6.45) is 2.60. The molecule has 0 saturated carbocycles. The van der Waals surface area contributed by atoms with Gasteiger partial charge in [0.2, 0.25) is 0 Å². The van der Waals surface area contributed by atoms with Crippen molar-refractivity contribution in [3.05, 3.63) is 65.2 Å². The van der Waals surface area contributed by atoms with Crippen LogP contribution in [0.15, 0.2) is 48.5 Å². The van der Waals surface area contributed by atoms with Gasteiger partial charge in [-0.1, -0.05) is 42.5 Å². The lowest BCUT2D eigenvalue weighted by Gasteiger charge is -2.04. The molecule has 0 unspecified atom stereocenters. The van der Waals surface area contributed by atoms with Crippen LogP contribution >= 0.6 is 0 Å². The van der Waals surface area contributed by atoms with Gasteiger partial charge in [0.05, 0.1) is 6.07 Å². The maximum atomic E-state index is 8.71. The molecule has 0 N–H and O–H groups in total. The molecule has 2 aromatic rings. The number of hydrogen-bond acceptors (Lipinski definition) is 1. The Balaban J connectivity index is 2.09. The summed E-state index contributed by atoms with van der Waals surface area (Å²) < 4.78 is 0. The van der Waals surface area contributed by atoms with E-state index in [-0.39, 0.29) is 0 Å². The lowest BCUT2D eigenvalue weighted by atomic mass is 10.00. The van der Waals surface area contributed by atoms with Crippen molar-refractivity contribution >= 4 is 5.57 Å². The first-order valence-electron chi connectivity index (χ1n) is 6.07. The second-order valence-corrected chi connectivity index (χ2v) is 4.66. The quantitative estimate of drug-likeness (QED) is 0.576. The summed E-state index contributed by atoms with van der Waals surface area (Å²) in [4.78, 5) is 0. The SMILES string of the molecule is C/C(=C\C#N)c1ccc2c(c1)Cc1ccccc1-2. The first-order valence-corrected chi connectivity index (χ1v) is 6.07. The molecule has 0 fully saturated rings. The highest BCUT2D eigenvalue weighted by molar-refractivity contribution is 5.79. The fraction of sp³-hybridized carbons (Fsp3) is 0.118. The van der Waals surface area contributed by atoms with Gasteiger partial charge in [-0.05, 0) is 46.7 Å². The number of fused-ring (bicyclic) bond motifs is 3. The molecule has 0 atom stereocenters. The first kappa shape index (κ1) is 10.8. The van der Waals surface area contributed by atoms with Gasteiger partial charge in [-0.2, -0.15) is 5.26 Å². The highest BCUT2D eigenvalue weighted by Crippen LogP contribution is 2.37. The van der Waals surface area contributed by atoms with Crippen LogP contribution in [0.2, 0.25) is 0 Å². The van der Waals surface area contributed by atoms with Crippen LogP contribution in [0.25, 0.3) is 16.7 Å². The molecule has 0 radical (unpaired) electrons. The monoisotopic (exact) mass is 231 g/mol. The minimum Gasteiger partial charge on any atom is -0.193 e. The molecule has 1 aliphatic carbocycles. The molecule has 0 bridgehead atoms. The summed E-state index contributed by atoms with van der Waals surface area (Å²) >= 11 is 0. The van der Waals surface area contributed by atoms with Crippen LogP contribution in [-0.2, 0) is 6.42 Å². The first-order chi connectivity index (χ1) is 8.79. The lowest BCUT2D eigenvalue weighted by molar-refractivity contribution is 1.26. The van der Waals surface area contributed by atoms with Crippen LogP contribution in [0, 0.1) is 11.3 Å². The average molecular weight is 231 g/mol. The van der Waals surface area contributed by atoms with E-state index in [1.807, 2.05) is 6.92 Å². The molecule has 0 amide bonds. The lowest BCUT2D eigenvalue weighted by Crippen LogP contribution is -1.85. The van der Waals surface area contributed by atoms with Crippen molar-refractivity contribution in [2.75, 3.05) is 0 Å². The van der Waals surface area contributed by atoms with Gasteiger partial charge < -0.3 is 0 Å². The zero-order valence-electron chi connectivity index (χ0n) is 10.3. The second-order valence-electron chi connectivity index (χ2n) is 4.66. The van der Waals surface area contributed by atoms with E-state index >= 15 is 0 Å². The smallest absolute Gasteiger partial charge is 0.0915 e. The molecule has 3 rings (SSSR count). The second kappa shape index (κ2) is 4.16. The molecule has 1 aliphatic rings. The van der Waals surface area contributed by atoms with Crippen molar-refractivity contribution in [1.82, 2.24) is 0 Å². The molecule has 1 heteroatoms. The summed E-state index contributed by atoms with van der Waals surface area (Å²) in [5.41, 5.74) is 7.60. The Bertz CT molecular complexity index is 687. The van der Waals surface area contributed by atoms with Crippen LogP contribution in [0.5, 0.6) is 0 Å². The van der Waals surface area contributed by atoms with E-state index in [0.29, 0.717) is 0 Å². The minimum atomic E-state index is 0.999. The summed E-state index contributed by atoms with van der Waals surface area (Å²) in [5.74, 6) is 0. The molecule has 0 saturated heterocycles. The number of hydrogen-bond donors (Lipinski definition) is 0.